The van der Waals surface area contributed by atoms with E-state index in [-0.39, 0.29) is 5.75 Å². The van der Waals surface area contributed by atoms with Crippen LogP contribution < -0.4 is 5.73 Å². The Hall–Kier alpha value is -0.430. The van der Waals surface area contributed by atoms with Gasteiger partial charge >= 0.3 is 0 Å². The van der Waals surface area contributed by atoms with Crippen LogP contribution in [-0.2, 0) is 16.6 Å². The molecule has 102 valence electrons. The Bertz CT molecular complexity index is 477. The lowest BCUT2D eigenvalue weighted by molar-refractivity contribution is 0.464. The molecule has 1 aromatic carbocycles. The van der Waals surface area contributed by atoms with E-state index in [1.165, 1.54) is 4.31 Å². The highest BCUT2D eigenvalue weighted by Gasteiger charge is 2.17. The van der Waals surface area contributed by atoms with E-state index in [4.69, 9.17) is 5.73 Å². The molecule has 0 saturated carbocycles. The molecule has 18 heavy (non-hydrogen) atoms. The zero-order valence-electron chi connectivity index (χ0n) is 10.5. The van der Waals surface area contributed by atoms with Crippen LogP contribution in [0.4, 0.5) is 0 Å². The summed E-state index contributed by atoms with van der Waals surface area (Å²) in [6, 6.07) is 7.65. The summed E-state index contributed by atoms with van der Waals surface area (Å²) in [5, 5.41) is 0. The molecule has 0 fully saturated rings. The number of benzene rings is 1. The van der Waals surface area contributed by atoms with Gasteiger partial charge in [0.2, 0.25) is 10.0 Å². The van der Waals surface area contributed by atoms with E-state index < -0.39 is 10.0 Å². The van der Waals surface area contributed by atoms with Crippen molar-refractivity contribution in [1.82, 2.24) is 4.31 Å². The van der Waals surface area contributed by atoms with Crippen molar-refractivity contribution >= 4 is 26.0 Å². The highest BCUT2D eigenvalue weighted by Crippen LogP contribution is 2.14. The second-order valence-electron chi connectivity index (χ2n) is 4.20. The molecule has 1 aromatic rings. The van der Waals surface area contributed by atoms with E-state index in [1.54, 1.807) is 7.05 Å². The molecule has 0 radical (unpaired) electrons. The highest BCUT2D eigenvalue weighted by molar-refractivity contribution is 9.10. The van der Waals surface area contributed by atoms with Crippen LogP contribution in [0.15, 0.2) is 28.7 Å². The second kappa shape index (κ2) is 7.23. The molecule has 1 rings (SSSR count). The van der Waals surface area contributed by atoms with Crippen LogP contribution in [-0.4, -0.2) is 32.1 Å². The van der Waals surface area contributed by atoms with Crippen LogP contribution in [0.25, 0.3) is 0 Å². The normalized spacial score (nSPS) is 12.0. The lowest BCUT2D eigenvalue weighted by Gasteiger charge is -2.17. The summed E-state index contributed by atoms with van der Waals surface area (Å²) in [6.07, 6.45) is 1.35. The Morgan fingerprint density at radius 3 is 2.67 bits per heavy atom. The quantitative estimate of drug-likeness (QED) is 0.775. The van der Waals surface area contributed by atoms with Gasteiger partial charge in [0.25, 0.3) is 0 Å². The van der Waals surface area contributed by atoms with Crippen molar-refractivity contribution in [3.63, 3.8) is 0 Å². The standard InChI is InChI=1S/C12H19BrN2O2S/c1-15(18(16,17)8-3-2-7-14)10-11-5-4-6-12(13)9-11/h4-6,9H,2-3,7-8,10,14H2,1H3. The first-order valence-electron chi connectivity index (χ1n) is 5.84. The maximum atomic E-state index is 12.0. The predicted octanol–water partition coefficient (Wildman–Crippen LogP) is 1.95. The Labute approximate surface area is 117 Å². The maximum Gasteiger partial charge on any atom is 0.214 e. The van der Waals surface area contributed by atoms with Crippen molar-refractivity contribution in [2.75, 3.05) is 19.3 Å². The van der Waals surface area contributed by atoms with Gasteiger partial charge in [-0.25, -0.2) is 12.7 Å². The molecular formula is C12H19BrN2O2S. The van der Waals surface area contributed by atoms with Gasteiger partial charge in [-0.1, -0.05) is 28.1 Å². The Morgan fingerprint density at radius 1 is 1.33 bits per heavy atom. The minimum absolute atomic E-state index is 0.161. The minimum Gasteiger partial charge on any atom is -0.330 e. The molecule has 0 atom stereocenters. The maximum absolute atomic E-state index is 12.0. The van der Waals surface area contributed by atoms with Gasteiger partial charge in [-0.15, -0.1) is 0 Å². The summed E-state index contributed by atoms with van der Waals surface area (Å²) >= 11 is 3.37. The number of unbranched alkanes of at least 4 members (excludes halogenated alkanes) is 1. The molecule has 0 spiro atoms. The second-order valence-corrected chi connectivity index (χ2v) is 7.31. The van der Waals surface area contributed by atoms with E-state index in [0.717, 1.165) is 16.5 Å². The van der Waals surface area contributed by atoms with Crippen LogP contribution in [0, 0.1) is 0 Å². The van der Waals surface area contributed by atoms with Crippen molar-refractivity contribution in [3.05, 3.63) is 34.3 Å². The van der Waals surface area contributed by atoms with Gasteiger partial charge in [-0.05, 0) is 37.1 Å². The predicted molar refractivity (Wildman–Crippen MR) is 77.7 cm³/mol. The first-order chi connectivity index (χ1) is 8.45. The van der Waals surface area contributed by atoms with Crippen molar-refractivity contribution < 1.29 is 8.42 Å². The fourth-order valence-corrected chi connectivity index (χ4v) is 3.25. The SMILES string of the molecule is CN(Cc1cccc(Br)c1)S(=O)(=O)CCCCN. The van der Waals surface area contributed by atoms with Gasteiger partial charge in [0, 0.05) is 18.1 Å². The molecule has 2 N–H and O–H groups in total. The number of nitrogens with zero attached hydrogens (tertiary/aromatic N) is 1. The van der Waals surface area contributed by atoms with Crippen molar-refractivity contribution in [2.24, 2.45) is 5.73 Å². The molecule has 0 saturated heterocycles. The third kappa shape index (κ3) is 5.06. The minimum atomic E-state index is -3.18. The third-order valence-corrected chi connectivity index (χ3v) is 5.00. The Morgan fingerprint density at radius 2 is 2.06 bits per heavy atom. The monoisotopic (exact) mass is 334 g/mol. The average molecular weight is 335 g/mol. The lowest BCUT2D eigenvalue weighted by Crippen LogP contribution is -2.29. The first-order valence-corrected chi connectivity index (χ1v) is 8.24. The smallest absolute Gasteiger partial charge is 0.214 e. The molecule has 0 unspecified atom stereocenters. The molecular weight excluding hydrogens is 316 g/mol. The number of hydrogen-bond donors (Lipinski definition) is 1. The molecule has 0 bridgehead atoms. The fraction of sp³-hybridized carbons (Fsp3) is 0.500. The highest BCUT2D eigenvalue weighted by atomic mass is 79.9. The third-order valence-electron chi connectivity index (χ3n) is 2.63. The molecule has 0 aromatic heterocycles. The molecule has 0 heterocycles. The van der Waals surface area contributed by atoms with Crippen molar-refractivity contribution in [2.45, 2.75) is 19.4 Å². The molecule has 0 aliphatic rings. The summed E-state index contributed by atoms with van der Waals surface area (Å²) < 4.78 is 26.3. The fourth-order valence-electron chi connectivity index (χ4n) is 1.58. The first kappa shape index (κ1) is 15.6. The zero-order chi connectivity index (χ0) is 13.6. The van der Waals surface area contributed by atoms with E-state index in [0.29, 0.717) is 19.5 Å². The van der Waals surface area contributed by atoms with Crippen molar-refractivity contribution in [3.8, 4) is 0 Å². The molecule has 0 amide bonds. The zero-order valence-corrected chi connectivity index (χ0v) is 12.9. The topological polar surface area (TPSA) is 63.4 Å². The molecule has 4 nitrogen and oxygen atoms in total. The number of rotatable bonds is 7. The van der Waals surface area contributed by atoms with Gasteiger partial charge in [0.1, 0.15) is 0 Å². The molecule has 0 aliphatic carbocycles. The summed E-state index contributed by atoms with van der Waals surface area (Å²) in [6.45, 7) is 0.926. The van der Waals surface area contributed by atoms with Crippen molar-refractivity contribution in [1.29, 1.82) is 0 Å². The van der Waals surface area contributed by atoms with Gasteiger partial charge in [-0.3, -0.25) is 0 Å². The summed E-state index contributed by atoms with van der Waals surface area (Å²) in [5.41, 5.74) is 6.33. The summed E-state index contributed by atoms with van der Waals surface area (Å²) in [5.74, 6) is 0.161. The Balaban J connectivity index is 2.61. The lowest BCUT2D eigenvalue weighted by atomic mass is 10.2. The van der Waals surface area contributed by atoms with E-state index in [1.807, 2.05) is 24.3 Å². The number of hydrogen-bond acceptors (Lipinski definition) is 3. The van der Waals surface area contributed by atoms with Crippen LogP contribution in [0.1, 0.15) is 18.4 Å². The summed E-state index contributed by atoms with van der Waals surface area (Å²) in [4.78, 5) is 0. The van der Waals surface area contributed by atoms with E-state index >= 15 is 0 Å². The van der Waals surface area contributed by atoms with E-state index in [2.05, 4.69) is 15.9 Å². The van der Waals surface area contributed by atoms with Crippen LogP contribution in [0.5, 0.6) is 0 Å². The molecule has 0 aliphatic heterocycles. The number of nitrogens with two attached hydrogens (primary N) is 1. The summed E-state index contributed by atoms with van der Waals surface area (Å²) in [7, 11) is -1.57. The van der Waals surface area contributed by atoms with Crippen LogP contribution in [0.3, 0.4) is 0 Å². The number of halogens is 1. The van der Waals surface area contributed by atoms with Gasteiger partial charge in [0.15, 0.2) is 0 Å². The van der Waals surface area contributed by atoms with E-state index in [9.17, 15) is 8.42 Å². The van der Waals surface area contributed by atoms with Gasteiger partial charge in [-0.2, -0.15) is 0 Å². The Kier molecular flexibility index (Phi) is 6.28. The van der Waals surface area contributed by atoms with Crippen LogP contribution in [0.2, 0.25) is 0 Å². The number of sulfonamides is 1. The average Bonchev–Trinajstić information content (AvgIpc) is 2.29. The van der Waals surface area contributed by atoms with Gasteiger partial charge < -0.3 is 5.73 Å². The molecule has 6 heteroatoms. The van der Waals surface area contributed by atoms with Gasteiger partial charge in [0.05, 0.1) is 5.75 Å². The van der Waals surface area contributed by atoms with Crippen LogP contribution >= 0.6 is 15.9 Å². The largest absolute Gasteiger partial charge is 0.330 e.